The van der Waals surface area contributed by atoms with Crippen molar-refractivity contribution in [1.82, 2.24) is 19.9 Å². The maximum absolute atomic E-state index is 13.0. The van der Waals surface area contributed by atoms with E-state index in [0.717, 1.165) is 30.9 Å². The van der Waals surface area contributed by atoms with Crippen LogP contribution >= 0.6 is 0 Å². The molecular weight excluding hydrogens is 399 g/mol. The van der Waals surface area contributed by atoms with Crippen molar-refractivity contribution in [3.63, 3.8) is 0 Å². The lowest BCUT2D eigenvalue weighted by Gasteiger charge is -2.39. The minimum absolute atomic E-state index is 0.195. The summed E-state index contributed by atoms with van der Waals surface area (Å²) in [5.74, 6) is 0.675. The van der Waals surface area contributed by atoms with E-state index in [2.05, 4.69) is 25.3 Å². The normalized spacial score (nSPS) is 17.2. The molecule has 1 unspecified atom stereocenters. The summed E-state index contributed by atoms with van der Waals surface area (Å²) in [6, 6.07) is 3.96. The van der Waals surface area contributed by atoms with Gasteiger partial charge in [-0.05, 0) is 18.2 Å². The first-order valence-corrected chi connectivity index (χ1v) is 9.08. The average Bonchev–Trinajstić information content (AvgIpc) is 2.93. The van der Waals surface area contributed by atoms with E-state index in [0.29, 0.717) is 17.3 Å². The molecule has 8 nitrogen and oxygen atoms in total. The predicted molar refractivity (Wildman–Crippen MR) is 102 cm³/mol. The van der Waals surface area contributed by atoms with Crippen LogP contribution in [0.15, 0.2) is 49.2 Å². The number of halogens is 3. The van der Waals surface area contributed by atoms with Crippen LogP contribution in [0, 0.1) is 0 Å². The van der Waals surface area contributed by atoms with Crippen LogP contribution in [0.2, 0.25) is 0 Å². The lowest BCUT2D eigenvalue weighted by molar-refractivity contribution is -0.137. The first-order valence-electron chi connectivity index (χ1n) is 9.08. The van der Waals surface area contributed by atoms with Gasteiger partial charge < -0.3 is 4.90 Å². The second-order valence-corrected chi connectivity index (χ2v) is 6.85. The van der Waals surface area contributed by atoms with Gasteiger partial charge in [-0.2, -0.15) is 13.2 Å². The highest BCUT2D eigenvalue weighted by Crippen LogP contribution is 2.45. The highest BCUT2D eigenvalue weighted by Gasteiger charge is 2.46. The van der Waals surface area contributed by atoms with E-state index >= 15 is 0 Å². The minimum atomic E-state index is -4.51. The summed E-state index contributed by atoms with van der Waals surface area (Å²) in [7, 11) is 0. The van der Waals surface area contributed by atoms with Crippen LogP contribution in [0.1, 0.15) is 12.0 Å². The molecule has 3 aromatic rings. The zero-order valence-corrected chi connectivity index (χ0v) is 15.3. The fourth-order valence-corrected chi connectivity index (χ4v) is 3.57. The van der Waals surface area contributed by atoms with E-state index in [1.165, 1.54) is 29.7 Å². The molecule has 0 spiro atoms. The van der Waals surface area contributed by atoms with Crippen LogP contribution in [-0.2, 0) is 6.18 Å². The van der Waals surface area contributed by atoms with Crippen molar-refractivity contribution in [3.8, 4) is 11.3 Å². The molecule has 152 valence electrons. The first-order chi connectivity index (χ1) is 14.4. The lowest BCUT2D eigenvalue weighted by atomic mass is 10.1. The van der Waals surface area contributed by atoms with Crippen LogP contribution in [0.25, 0.3) is 11.3 Å². The van der Waals surface area contributed by atoms with Crippen LogP contribution in [-0.4, -0.2) is 38.7 Å². The Hall–Kier alpha value is -3.76. The summed E-state index contributed by atoms with van der Waals surface area (Å²) in [4.78, 5) is 32.6. The van der Waals surface area contributed by atoms with Crippen LogP contribution in [0.3, 0.4) is 0 Å². The predicted octanol–water partition coefficient (Wildman–Crippen LogP) is 3.54. The summed E-state index contributed by atoms with van der Waals surface area (Å²) in [6.07, 6.45) is 2.51. The highest BCUT2D eigenvalue weighted by atomic mass is 19.4. The van der Waals surface area contributed by atoms with E-state index in [4.69, 9.17) is 0 Å². The number of hydrogen-bond donors (Lipinski definition) is 1. The molecule has 2 aliphatic heterocycles. The Balaban J connectivity index is 1.51. The Morgan fingerprint density at radius 1 is 1.13 bits per heavy atom. The molecular formula is C19H14F3N7O. The van der Waals surface area contributed by atoms with Gasteiger partial charge in [0.05, 0.1) is 23.1 Å². The molecule has 0 aromatic carbocycles. The first kappa shape index (κ1) is 18.3. The number of rotatable bonds is 2. The summed E-state index contributed by atoms with van der Waals surface area (Å²) >= 11 is 0. The molecule has 1 N–H and O–H groups in total. The molecule has 0 bridgehead atoms. The van der Waals surface area contributed by atoms with Gasteiger partial charge in [0.1, 0.15) is 6.17 Å². The number of urea groups is 1. The topological polar surface area (TPSA) is 87.1 Å². The van der Waals surface area contributed by atoms with E-state index in [-0.39, 0.29) is 11.7 Å². The molecule has 11 heteroatoms. The molecule has 2 amide bonds. The van der Waals surface area contributed by atoms with Crippen molar-refractivity contribution in [2.24, 2.45) is 0 Å². The number of nitrogens with zero attached hydrogens (tertiary/aromatic N) is 6. The molecule has 1 fully saturated rings. The third-order valence-electron chi connectivity index (χ3n) is 5.06. The Morgan fingerprint density at radius 2 is 2.00 bits per heavy atom. The number of nitrogens with one attached hydrogen (secondary N) is 1. The van der Waals surface area contributed by atoms with Crippen LogP contribution in [0.5, 0.6) is 0 Å². The molecule has 5 heterocycles. The van der Waals surface area contributed by atoms with E-state index < -0.39 is 17.8 Å². The van der Waals surface area contributed by atoms with Crippen LogP contribution in [0.4, 0.5) is 35.3 Å². The monoisotopic (exact) mass is 413 g/mol. The number of hydrogen-bond acceptors (Lipinski definition) is 6. The number of aromatic nitrogens is 4. The molecule has 0 saturated carbocycles. The number of amides is 2. The largest absolute Gasteiger partial charge is 0.417 e. The van der Waals surface area contributed by atoms with Gasteiger partial charge in [0.25, 0.3) is 0 Å². The molecule has 1 saturated heterocycles. The van der Waals surface area contributed by atoms with Crippen molar-refractivity contribution in [1.29, 1.82) is 0 Å². The number of carbonyl (C=O) groups excluding carboxylic acids is 1. The van der Waals surface area contributed by atoms with Crippen molar-refractivity contribution < 1.29 is 18.0 Å². The van der Waals surface area contributed by atoms with Gasteiger partial charge in [0.15, 0.2) is 11.6 Å². The quantitative estimate of drug-likeness (QED) is 0.692. The third kappa shape index (κ3) is 2.98. The van der Waals surface area contributed by atoms with Crippen LogP contribution < -0.4 is 15.1 Å². The number of fused-ring (bicyclic) bond motifs is 3. The maximum Gasteiger partial charge on any atom is 0.417 e. The standard InChI is InChI=1S/C19H14F3N7O/c20-19(21,22)12-7-11(8-24-9-12)13-1-2-14-17(26-13)29(16-3-6-28(14)16)18(30)27-15-10-23-4-5-25-15/h1-2,4-5,7-10,16H,3,6H2,(H,25,27,30). The van der Waals surface area contributed by atoms with Crippen molar-refractivity contribution >= 4 is 23.4 Å². The number of pyridine rings is 2. The van der Waals surface area contributed by atoms with Gasteiger partial charge in [-0.3, -0.25) is 20.2 Å². The number of anilines is 3. The van der Waals surface area contributed by atoms with Gasteiger partial charge in [-0.15, -0.1) is 0 Å². The van der Waals surface area contributed by atoms with E-state index in [1.54, 1.807) is 12.1 Å². The molecule has 2 aliphatic rings. The van der Waals surface area contributed by atoms with Gasteiger partial charge in [-0.25, -0.2) is 14.8 Å². The molecule has 1 atom stereocenters. The zero-order valence-electron chi connectivity index (χ0n) is 15.3. The zero-order chi connectivity index (χ0) is 20.9. The highest BCUT2D eigenvalue weighted by molar-refractivity contribution is 6.05. The number of carbonyl (C=O) groups is 1. The summed E-state index contributed by atoms with van der Waals surface area (Å²) in [5, 5.41) is 2.68. The summed E-state index contributed by atoms with van der Waals surface area (Å²) in [5.41, 5.74) is 0.413. The molecule has 5 rings (SSSR count). The van der Waals surface area contributed by atoms with Crippen molar-refractivity contribution in [3.05, 3.63) is 54.7 Å². The third-order valence-corrected chi connectivity index (χ3v) is 5.06. The maximum atomic E-state index is 13.0. The fraction of sp³-hybridized carbons (Fsp3) is 0.211. The minimum Gasteiger partial charge on any atom is -0.347 e. The van der Waals surface area contributed by atoms with E-state index in [9.17, 15) is 18.0 Å². The smallest absolute Gasteiger partial charge is 0.347 e. The molecule has 3 aromatic heterocycles. The van der Waals surface area contributed by atoms with Gasteiger partial charge >= 0.3 is 12.2 Å². The van der Waals surface area contributed by atoms with Crippen molar-refractivity contribution in [2.45, 2.75) is 18.8 Å². The SMILES string of the molecule is O=C(Nc1cnccn1)N1c2nc(-c3cncc(C(F)(F)F)c3)ccc2N2CCC21. The molecule has 0 aliphatic carbocycles. The second kappa shape index (κ2) is 6.65. The summed E-state index contributed by atoms with van der Waals surface area (Å²) < 4.78 is 39.1. The van der Waals surface area contributed by atoms with Crippen molar-refractivity contribution in [2.75, 3.05) is 21.7 Å². The Bertz CT molecular complexity index is 1120. The van der Waals surface area contributed by atoms with Gasteiger partial charge in [-0.1, -0.05) is 0 Å². The number of alkyl halides is 3. The molecule has 30 heavy (non-hydrogen) atoms. The Labute approximate surface area is 168 Å². The molecule has 0 radical (unpaired) electrons. The van der Waals surface area contributed by atoms with E-state index in [1.807, 2.05) is 4.90 Å². The Morgan fingerprint density at radius 3 is 2.70 bits per heavy atom. The second-order valence-electron chi connectivity index (χ2n) is 6.85. The van der Waals surface area contributed by atoms with Gasteiger partial charge in [0.2, 0.25) is 0 Å². The average molecular weight is 413 g/mol. The fourth-order valence-electron chi connectivity index (χ4n) is 3.57. The lowest BCUT2D eigenvalue weighted by Crippen LogP contribution is -2.56. The Kier molecular flexibility index (Phi) is 4.05. The van der Waals surface area contributed by atoms with Gasteiger partial charge in [0, 0.05) is 43.3 Å². The summed E-state index contributed by atoms with van der Waals surface area (Å²) in [6.45, 7) is 0.763.